The third kappa shape index (κ3) is 1.32. The van der Waals surface area contributed by atoms with E-state index in [-0.39, 0.29) is 5.92 Å². The van der Waals surface area contributed by atoms with E-state index in [2.05, 4.69) is 15.0 Å². The van der Waals surface area contributed by atoms with E-state index in [1.54, 1.807) is 10.9 Å². The molecule has 6 nitrogen and oxygen atoms in total. The fraction of sp³-hybridized carbons (Fsp3) is 0.250. The van der Waals surface area contributed by atoms with Gasteiger partial charge in [0.2, 0.25) is 0 Å². The molecule has 92 valence electrons. The van der Waals surface area contributed by atoms with Gasteiger partial charge in [-0.3, -0.25) is 4.98 Å². The smallest absolute Gasteiger partial charge is 0.152 e. The van der Waals surface area contributed by atoms with Crippen molar-refractivity contribution in [2.24, 2.45) is 0 Å². The Morgan fingerprint density at radius 2 is 2.00 bits per heavy atom. The first kappa shape index (κ1) is 10.8. The van der Waals surface area contributed by atoms with E-state index in [4.69, 9.17) is 11.6 Å². The number of nitrogens with two attached hydrogens (primary N) is 2. The Morgan fingerprint density at radius 3 is 2.72 bits per heavy atom. The zero-order chi connectivity index (χ0) is 12.9. The minimum absolute atomic E-state index is 0.209. The molecule has 0 saturated carbocycles. The number of fused-ring (bicyclic) bond motifs is 3. The van der Waals surface area contributed by atoms with E-state index in [0.29, 0.717) is 11.3 Å². The summed E-state index contributed by atoms with van der Waals surface area (Å²) < 4.78 is 1.56. The Labute approximate surface area is 104 Å². The van der Waals surface area contributed by atoms with Crippen molar-refractivity contribution in [1.82, 2.24) is 19.6 Å². The third-order valence-corrected chi connectivity index (χ3v) is 2.95. The van der Waals surface area contributed by atoms with Crippen LogP contribution in [0.5, 0.6) is 0 Å². The van der Waals surface area contributed by atoms with Crippen LogP contribution in [-0.4, -0.2) is 19.6 Å². The maximum Gasteiger partial charge on any atom is 0.152 e. The van der Waals surface area contributed by atoms with Crippen molar-refractivity contribution in [1.29, 1.82) is 0 Å². The quantitative estimate of drug-likeness (QED) is 0.629. The Morgan fingerprint density at radius 1 is 1.22 bits per heavy atom. The highest BCUT2D eigenvalue weighted by molar-refractivity contribution is 6.04. The Bertz CT molecular complexity index is 743. The van der Waals surface area contributed by atoms with Gasteiger partial charge in [-0.25, -0.2) is 14.6 Å². The molecule has 0 unspecified atom stereocenters. The lowest BCUT2D eigenvalue weighted by atomic mass is 10.2. The number of hydrogen-bond donors (Lipinski definition) is 2. The van der Waals surface area contributed by atoms with Gasteiger partial charge in [0, 0.05) is 12.1 Å². The van der Waals surface area contributed by atoms with Crippen LogP contribution in [0.4, 0.5) is 5.82 Å². The van der Waals surface area contributed by atoms with E-state index in [1.807, 2.05) is 26.0 Å². The van der Waals surface area contributed by atoms with Crippen molar-refractivity contribution >= 4 is 27.9 Å². The molecule has 0 spiro atoms. The number of aromatic nitrogens is 4. The minimum atomic E-state index is 0.209. The molecule has 0 aliphatic carbocycles. The van der Waals surface area contributed by atoms with Crippen molar-refractivity contribution in [3.05, 3.63) is 24.2 Å². The van der Waals surface area contributed by atoms with Gasteiger partial charge >= 0.3 is 0 Å². The van der Waals surface area contributed by atoms with Gasteiger partial charge in [0.25, 0.3) is 0 Å². The highest BCUT2D eigenvalue weighted by Crippen LogP contribution is 2.27. The van der Waals surface area contributed by atoms with Gasteiger partial charge in [0.15, 0.2) is 5.82 Å². The summed E-state index contributed by atoms with van der Waals surface area (Å²) in [4.78, 5) is 13.1. The van der Waals surface area contributed by atoms with Gasteiger partial charge < -0.3 is 11.6 Å². The largest absolute Gasteiger partial charge is 0.382 e. The molecule has 0 bridgehead atoms. The topological polar surface area (TPSA) is 95.6 Å². The molecule has 4 N–H and O–H groups in total. The van der Waals surface area contributed by atoms with E-state index in [0.717, 1.165) is 22.4 Å². The van der Waals surface area contributed by atoms with E-state index < -0.39 is 0 Å². The molecule has 0 saturated heterocycles. The molecule has 0 aromatic carbocycles. The van der Waals surface area contributed by atoms with Gasteiger partial charge in [0.1, 0.15) is 22.4 Å². The second kappa shape index (κ2) is 3.56. The molecule has 0 atom stereocenters. The first-order valence-corrected chi connectivity index (χ1v) is 5.77. The maximum atomic E-state index is 6.11. The van der Waals surface area contributed by atoms with Gasteiger partial charge in [-0.15, -0.1) is 0 Å². The van der Waals surface area contributed by atoms with Crippen molar-refractivity contribution in [2.75, 3.05) is 11.6 Å². The van der Waals surface area contributed by atoms with Crippen LogP contribution >= 0.6 is 0 Å². The van der Waals surface area contributed by atoms with Crippen molar-refractivity contribution in [2.45, 2.75) is 19.8 Å². The van der Waals surface area contributed by atoms with Crippen LogP contribution < -0.4 is 11.6 Å². The molecular weight excluding hydrogens is 228 g/mol. The van der Waals surface area contributed by atoms with Crippen molar-refractivity contribution in [3.8, 4) is 0 Å². The average Bonchev–Trinajstić information content (AvgIpc) is 2.69. The number of pyridine rings is 2. The normalized spacial score (nSPS) is 11.7. The lowest BCUT2D eigenvalue weighted by molar-refractivity contribution is 0.746. The van der Waals surface area contributed by atoms with Gasteiger partial charge in [-0.2, -0.15) is 0 Å². The number of nitrogens with zero attached hydrogens (tertiary/aromatic N) is 4. The maximum absolute atomic E-state index is 6.11. The van der Waals surface area contributed by atoms with Crippen molar-refractivity contribution in [3.63, 3.8) is 0 Å². The monoisotopic (exact) mass is 242 g/mol. The summed E-state index contributed by atoms with van der Waals surface area (Å²) in [5, 5.41) is 0. The molecule has 6 heteroatoms. The zero-order valence-electron chi connectivity index (χ0n) is 10.3. The molecule has 0 fully saturated rings. The summed E-state index contributed by atoms with van der Waals surface area (Å²) in [6.45, 7) is 4.06. The summed E-state index contributed by atoms with van der Waals surface area (Å²) >= 11 is 0. The number of nitrogen functional groups attached to an aromatic ring is 2. The highest BCUT2D eigenvalue weighted by Gasteiger charge is 2.17. The molecule has 3 rings (SSSR count). The first-order chi connectivity index (χ1) is 8.59. The van der Waals surface area contributed by atoms with Gasteiger partial charge in [-0.1, -0.05) is 13.8 Å². The van der Waals surface area contributed by atoms with Crippen LogP contribution in [0.25, 0.3) is 22.1 Å². The number of imidazole rings is 1. The van der Waals surface area contributed by atoms with Crippen LogP contribution in [0, 0.1) is 0 Å². The average molecular weight is 242 g/mol. The van der Waals surface area contributed by atoms with E-state index in [1.165, 1.54) is 0 Å². The van der Waals surface area contributed by atoms with E-state index in [9.17, 15) is 0 Å². The molecule has 3 aromatic rings. The predicted octanol–water partition coefficient (Wildman–Crippen LogP) is 1.40. The van der Waals surface area contributed by atoms with E-state index >= 15 is 0 Å². The Balaban J connectivity index is 2.55. The van der Waals surface area contributed by atoms with Crippen LogP contribution in [0.2, 0.25) is 0 Å². The SMILES string of the molecule is CC(C)c1nc2c(N)nc3cccnc3c2n1N. The molecule has 3 heterocycles. The number of hydrogen-bond acceptors (Lipinski definition) is 5. The predicted molar refractivity (Wildman–Crippen MR) is 71.5 cm³/mol. The van der Waals surface area contributed by atoms with Crippen LogP contribution in [0.1, 0.15) is 25.6 Å². The lowest BCUT2D eigenvalue weighted by Gasteiger charge is -2.05. The molecule has 0 radical (unpaired) electrons. The summed E-state index contributed by atoms with van der Waals surface area (Å²) in [6.07, 6.45) is 1.71. The second-order valence-electron chi connectivity index (χ2n) is 4.56. The molecule has 0 amide bonds. The Hall–Kier alpha value is -2.37. The van der Waals surface area contributed by atoms with Crippen molar-refractivity contribution < 1.29 is 0 Å². The van der Waals surface area contributed by atoms with Crippen LogP contribution in [-0.2, 0) is 0 Å². The van der Waals surface area contributed by atoms with Gasteiger partial charge in [0.05, 0.1) is 5.52 Å². The summed E-state index contributed by atoms with van der Waals surface area (Å²) in [7, 11) is 0. The van der Waals surface area contributed by atoms with Crippen LogP contribution in [0.3, 0.4) is 0 Å². The Kier molecular flexibility index (Phi) is 2.13. The van der Waals surface area contributed by atoms with Crippen LogP contribution in [0.15, 0.2) is 18.3 Å². The third-order valence-electron chi connectivity index (χ3n) is 2.95. The second-order valence-corrected chi connectivity index (χ2v) is 4.56. The molecule has 3 aromatic heterocycles. The lowest BCUT2D eigenvalue weighted by Crippen LogP contribution is -2.13. The molecule has 0 aliphatic rings. The molecule has 0 aliphatic heterocycles. The number of rotatable bonds is 1. The molecule has 18 heavy (non-hydrogen) atoms. The van der Waals surface area contributed by atoms with Gasteiger partial charge in [-0.05, 0) is 12.1 Å². The minimum Gasteiger partial charge on any atom is -0.382 e. The molecular formula is C12H14N6. The summed E-state index contributed by atoms with van der Waals surface area (Å²) in [5.41, 5.74) is 8.74. The number of anilines is 1. The first-order valence-electron chi connectivity index (χ1n) is 5.77. The summed E-state index contributed by atoms with van der Waals surface area (Å²) in [6, 6.07) is 3.68. The fourth-order valence-corrected chi connectivity index (χ4v) is 2.11. The zero-order valence-corrected chi connectivity index (χ0v) is 10.3. The summed E-state index contributed by atoms with van der Waals surface area (Å²) in [5.74, 6) is 7.47. The fourth-order valence-electron chi connectivity index (χ4n) is 2.11. The standard InChI is InChI=1S/C12H14N6/c1-6(2)12-17-9-10(18(12)14)8-7(16-11(9)13)4-3-5-15-8/h3-6H,14H2,1-2H3,(H2,13,16). The highest BCUT2D eigenvalue weighted by atomic mass is 15.3.